The van der Waals surface area contributed by atoms with Crippen LogP contribution in [0.4, 0.5) is 0 Å². The molecule has 3 unspecified atom stereocenters. The van der Waals surface area contributed by atoms with E-state index in [1.54, 1.807) is 0 Å². The Labute approximate surface area is 113 Å². The monoisotopic (exact) mass is 247 g/mol. The van der Waals surface area contributed by atoms with Gasteiger partial charge in [0.25, 0.3) is 0 Å². The first kappa shape index (κ1) is 15.2. The standard InChI is InChI=1S/C17H29N/c1-5-14(4)13-16(6-2)18-17(7-3)15-11-9-8-10-12-15/h8-12,14,16-18H,5-7,13H2,1-4H3. The third-order valence-electron chi connectivity index (χ3n) is 3.92. The number of hydrogen-bond acceptors (Lipinski definition) is 1. The summed E-state index contributed by atoms with van der Waals surface area (Å²) in [5.74, 6) is 0.815. The van der Waals surface area contributed by atoms with Crippen LogP contribution in [0.3, 0.4) is 0 Å². The summed E-state index contributed by atoms with van der Waals surface area (Å²) in [6, 6.07) is 12.0. The fourth-order valence-electron chi connectivity index (χ4n) is 2.42. The van der Waals surface area contributed by atoms with Gasteiger partial charge in [-0.15, -0.1) is 0 Å². The fourth-order valence-corrected chi connectivity index (χ4v) is 2.42. The Balaban J connectivity index is 2.61. The molecule has 0 aromatic heterocycles. The molecule has 1 heteroatoms. The van der Waals surface area contributed by atoms with E-state index in [4.69, 9.17) is 0 Å². The minimum absolute atomic E-state index is 0.500. The van der Waals surface area contributed by atoms with Crippen LogP contribution in [0, 0.1) is 5.92 Å². The Hall–Kier alpha value is -0.820. The van der Waals surface area contributed by atoms with Crippen molar-refractivity contribution in [2.45, 2.75) is 65.5 Å². The van der Waals surface area contributed by atoms with Gasteiger partial charge in [-0.2, -0.15) is 0 Å². The van der Waals surface area contributed by atoms with Crippen LogP contribution in [-0.2, 0) is 0 Å². The smallest absolute Gasteiger partial charge is 0.0320 e. The van der Waals surface area contributed by atoms with Gasteiger partial charge < -0.3 is 5.32 Å². The maximum absolute atomic E-state index is 3.83. The molecule has 0 saturated carbocycles. The van der Waals surface area contributed by atoms with Crippen molar-refractivity contribution in [2.75, 3.05) is 0 Å². The van der Waals surface area contributed by atoms with E-state index in [0.717, 1.165) is 12.3 Å². The topological polar surface area (TPSA) is 12.0 Å². The lowest BCUT2D eigenvalue weighted by Crippen LogP contribution is -2.33. The third-order valence-corrected chi connectivity index (χ3v) is 3.92. The predicted molar refractivity (Wildman–Crippen MR) is 80.8 cm³/mol. The Morgan fingerprint density at radius 2 is 1.61 bits per heavy atom. The van der Waals surface area contributed by atoms with E-state index in [0.29, 0.717) is 12.1 Å². The lowest BCUT2D eigenvalue weighted by atomic mass is 9.95. The fraction of sp³-hybridized carbons (Fsp3) is 0.647. The molecule has 0 bridgehead atoms. The molecular formula is C17H29N. The molecule has 102 valence electrons. The number of rotatable bonds is 8. The zero-order valence-corrected chi connectivity index (χ0v) is 12.4. The summed E-state index contributed by atoms with van der Waals surface area (Å²) in [5.41, 5.74) is 1.42. The zero-order valence-electron chi connectivity index (χ0n) is 12.4. The highest BCUT2D eigenvalue weighted by Crippen LogP contribution is 2.20. The molecule has 18 heavy (non-hydrogen) atoms. The highest BCUT2D eigenvalue weighted by atomic mass is 14.9. The molecule has 0 aliphatic heterocycles. The second-order valence-electron chi connectivity index (χ2n) is 5.39. The van der Waals surface area contributed by atoms with Crippen molar-refractivity contribution in [3.8, 4) is 0 Å². The van der Waals surface area contributed by atoms with Gasteiger partial charge in [-0.1, -0.05) is 64.4 Å². The average Bonchev–Trinajstić information content (AvgIpc) is 2.43. The van der Waals surface area contributed by atoms with Crippen molar-refractivity contribution < 1.29 is 0 Å². The van der Waals surface area contributed by atoms with Crippen molar-refractivity contribution in [1.82, 2.24) is 5.32 Å². The highest BCUT2D eigenvalue weighted by Gasteiger charge is 2.15. The number of hydrogen-bond donors (Lipinski definition) is 1. The summed E-state index contributed by atoms with van der Waals surface area (Å²) >= 11 is 0. The molecule has 1 rings (SSSR count). The van der Waals surface area contributed by atoms with E-state index in [-0.39, 0.29) is 0 Å². The van der Waals surface area contributed by atoms with Gasteiger partial charge in [0, 0.05) is 12.1 Å². The van der Waals surface area contributed by atoms with Gasteiger partial charge in [-0.3, -0.25) is 0 Å². The van der Waals surface area contributed by atoms with Gasteiger partial charge in [-0.25, -0.2) is 0 Å². The number of benzene rings is 1. The minimum Gasteiger partial charge on any atom is -0.307 e. The molecule has 1 aromatic rings. The van der Waals surface area contributed by atoms with Crippen LogP contribution >= 0.6 is 0 Å². The van der Waals surface area contributed by atoms with Gasteiger partial charge in [0.2, 0.25) is 0 Å². The van der Waals surface area contributed by atoms with Gasteiger partial charge in [0.1, 0.15) is 0 Å². The first-order valence-corrected chi connectivity index (χ1v) is 7.52. The lowest BCUT2D eigenvalue weighted by molar-refractivity contribution is 0.346. The maximum atomic E-state index is 3.83. The van der Waals surface area contributed by atoms with Crippen molar-refractivity contribution >= 4 is 0 Å². The second kappa shape index (κ2) is 8.31. The third kappa shape index (κ3) is 4.81. The summed E-state index contributed by atoms with van der Waals surface area (Å²) in [7, 11) is 0. The Kier molecular flexibility index (Phi) is 7.04. The molecule has 1 aromatic carbocycles. The van der Waals surface area contributed by atoms with Gasteiger partial charge in [0.15, 0.2) is 0 Å². The number of nitrogens with one attached hydrogen (secondary N) is 1. The molecule has 0 radical (unpaired) electrons. The van der Waals surface area contributed by atoms with Gasteiger partial charge in [-0.05, 0) is 30.7 Å². The van der Waals surface area contributed by atoms with Crippen LogP contribution in [0.2, 0.25) is 0 Å². The zero-order chi connectivity index (χ0) is 13.4. The molecule has 0 fully saturated rings. The van der Waals surface area contributed by atoms with E-state index >= 15 is 0 Å². The summed E-state index contributed by atoms with van der Waals surface area (Å²) in [6.07, 6.45) is 4.94. The summed E-state index contributed by atoms with van der Waals surface area (Å²) in [4.78, 5) is 0. The van der Waals surface area contributed by atoms with E-state index in [9.17, 15) is 0 Å². The lowest BCUT2D eigenvalue weighted by Gasteiger charge is -2.26. The normalized spacial score (nSPS) is 16.2. The molecule has 0 aliphatic rings. The van der Waals surface area contributed by atoms with E-state index in [2.05, 4.69) is 63.3 Å². The van der Waals surface area contributed by atoms with E-state index in [1.807, 2.05) is 0 Å². The van der Waals surface area contributed by atoms with Crippen molar-refractivity contribution in [3.63, 3.8) is 0 Å². The van der Waals surface area contributed by atoms with Gasteiger partial charge >= 0.3 is 0 Å². The molecule has 1 N–H and O–H groups in total. The van der Waals surface area contributed by atoms with Crippen LogP contribution in [0.15, 0.2) is 30.3 Å². The molecule has 0 spiro atoms. The van der Waals surface area contributed by atoms with Crippen LogP contribution in [0.5, 0.6) is 0 Å². The summed E-state index contributed by atoms with van der Waals surface area (Å²) < 4.78 is 0. The second-order valence-corrected chi connectivity index (χ2v) is 5.39. The molecule has 0 saturated heterocycles. The largest absolute Gasteiger partial charge is 0.307 e. The van der Waals surface area contributed by atoms with Crippen molar-refractivity contribution in [3.05, 3.63) is 35.9 Å². The minimum atomic E-state index is 0.500. The Morgan fingerprint density at radius 1 is 0.944 bits per heavy atom. The molecule has 0 heterocycles. The van der Waals surface area contributed by atoms with Crippen LogP contribution in [-0.4, -0.2) is 6.04 Å². The maximum Gasteiger partial charge on any atom is 0.0320 e. The van der Waals surface area contributed by atoms with Crippen molar-refractivity contribution in [1.29, 1.82) is 0 Å². The first-order chi connectivity index (χ1) is 8.71. The molecule has 0 amide bonds. The quantitative estimate of drug-likeness (QED) is 0.686. The SMILES string of the molecule is CCC(C)CC(CC)NC(CC)c1ccccc1. The predicted octanol–water partition coefficient (Wildman–Crippen LogP) is 4.94. The van der Waals surface area contributed by atoms with E-state index < -0.39 is 0 Å². The van der Waals surface area contributed by atoms with Crippen LogP contribution in [0.25, 0.3) is 0 Å². The molecular weight excluding hydrogens is 218 g/mol. The highest BCUT2D eigenvalue weighted by molar-refractivity contribution is 5.18. The first-order valence-electron chi connectivity index (χ1n) is 7.52. The summed E-state index contributed by atoms with van der Waals surface area (Å²) in [6.45, 7) is 9.19. The Morgan fingerprint density at radius 3 is 2.11 bits per heavy atom. The molecule has 3 atom stereocenters. The van der Waals surface area contributed by atoms with Gasteiger partial charge in [0.05, 0.1) is 0 Å². The van der Waals surface area contributed by atoms with Crippen LogP contribution < -0.4 is 5.32 Å². The summed E-state index contributed by atoms with van der Waals surface area (Å²) in [5, 5.41) is 3.83. The van der Waals surface area contributed by atoms with E-state index in [1.165, 1.54) is 24.8 Å². The van der Waals surface area contributed by atoms with Crippen LogP contribution in [0.1, 0.15) is 65.0 Å². The molecule has 1 nitrogen and oxygen atoms in total. The molecule has 0 aliphatic carbocycles. The van der Waals surface area contributed by atoms with Crippen molar-refractivity contribution in [2.24, 2.45) is 5.92 Å². The Bertz CT molecular complexity index is 307. The average molecular weight is 247 g/mol.